The number of carboxylic acids is 1. The number of aliphatic carboxylic acids is 1. The van der Waals surface area contributed by atoms with E-state index in [-0.39, 0.29) is 24.9 Å². The van der Waals surface area contributed by atoms with Crippen molar-refractivity contribution in [3.05, 3.63) is 51.9 Å². The quantitative estimate of drug-likeness (QED) is 0.331. The van der Waals surface area contributed by atoms with Gasteiger partial charge in [-0.2, -0.15) is 16.4 Å². The van der Waals surface area contributed by atoms with E-state index in [4.69, 9.17) is 4.74 Å². The highest BCUT2D eigenvalue weighted by molar-refractivity contribution is 7.08. The van der Waals surface area contributed by atoms with Crippen molar-refractivity contribution in [3.63, 3.8) is 0 Å². The van der Waals surface area contributed by atoms with E-state index in [1.165, 1.54) is 38.2 Å². The lowest BCUT2D eigenvalue weighted by molar-refractivity contribution is -0.145. The number of aromatic nitrogens is 6. The van der Waals surface area contributed by atoms with Gasteiger partial charge in [0.25, 0.3) is 5.56 Å². The Hall–Kier alpha value is -4.93. The Kier molecular flexibility index (Phi) is 9.37. The third kappa shape index (κ3) is 7.11. The molecule has 2 fully saturated rings. The second-order valence-corrected chi connectivity index (χ2v) is 14.4. The van der Waals surface area contributed by atoms with E-state index in [0.717, 1.165) is 19.3 Å². The Morgan fingerprint density at radius 3 is 2.67 bits per heavy atom. The van der Waals surface area contributed by atoms with Crippen molar-refractivity contribution >= 4 is 35.2 Å². The average Bonchev–Trinajstić information content (AvgIpc) is 3.56. The summed E-state index contributed by atoms with van der Waals surface area (Å²) in [5, 5.41) is 35.4. The molecule has 3 aliphatic rings. The van der Waals surface area contributed by atoms with Crippen molar-refractivity contribution in [2.75, 3.05) is 6.54 Å². The molecule has 0 spiro atoms. The smallest absolute Gasteiger partial charge is 0.408 e. The monoisotopic (exact) mass is 693 g/mol. The maximum absolute atomic E-state index is 14.4. The molecule has 49 heavy (non-hydrogen) atoms. The number of tetrazole rings is 1. The maximum atomic E-state index is 14.4. The minimum absolute atomic E-state index is 0.0240. The van der Waals surface area contributed by atoms with Crippen LogP contribution in [-0.2, 0) is 19.1 Å². The summed E-state index contributed by atoms with van der Waals surface area (Å²) in [6.07, 6.45) is 9.05. The largest absolute Gasteiger partial charge is 0.479 e. The molecule has 3 aromatic rings. The van der Waals surface area contributed by atoms with Crippen molar-refractivity contribution in [1.82, 2.24) is 45.5 Å². The van der Waals surface area contributed by atoms with Crippen LogP contribution in [-0.4, -0.2) is 93.6 Å². The molecule has 3 N–H and O–H groups in total. The molecule has 260 valence electrons. The number of carbonyl (C=O) groups is 4. The summed E-state index contributed by atoms with van der Waals surface area (Å²) in [7, 11) is 0. The van der Waals surface area contributed by atoms with Crippen molar-refractivity contribution in [1.29, 1.82) is 0 Å². The minimum atomic E-state index is -1.50. The number of thiophene rings is 1. The summed E-state index contributed by atoms with van der Waals surface area (Å²) in [4.78, 5) is 70.4. The summed E-state index contributed by atoms with van der Waals surface area (Å²) in [6, 6.07) is -1.17. The molecule has 0 aromatic carbocycles. The average molecular weight is 694 g/mol. The second kappa shape index (κ2) is 13.5. The first kappa shape index (κ1) is 34.0. The molecule has 5 atom stereocenters. The van der Waals surface area contributed by atoms with Crippen LogP contribution in [0.1, 0.15) is 71.8 Å². The second-order valence-electron chi connectivity index (χ2n) is 13.6. The Morgan fingerprint density at radius 2 is 1.98 bits per heavy atom. The molecule has 3 aromatic heterocycles. The molecule has 0 bridgehead atoms. The first-order valence-corrected chi connectivity index (χ1v) is 17.2. The number of ether oxygens (including phenoxy) is 1. The highest BCUT2D eigenvalue weighted by Gasteiger charge is 2.61. The van der Waals surface area contributed by atoms with Crippen LogP contribution < -0.4 is 16.2 Å². The lowest BCUT2D eigenvalue weighted by Gasteiger charge is -2.30. The number of nitrogens with zero attached hydrogens (tertiary/aromatic N) is 7. The Balaban J connectivity index is 1.38. The first-order chi connectivity index (χ1) is 23.4. The Morgan fingerprint density at radius 1 is 1.16 bits per heavy atom. The third-order valence-electron chi connectivity index (χ3n) is 9.03. The number of alkyl carbamates (subject to hydrolysis) is 1. The van der Waals surface area contributed by atoms with E-state index in [9.17, 15) is 29.1 Å². The Bertz CT molecular complexity index is 1800. The number of nitrogens with one attached hydrogen (secondary N) is 2. The van der Waals surface area contributed by atoms with Gasteiger partial charge in [-0.15, -0.1) is 15.0 Å². The summed E-state index contributed by atoms with van der Waals surface area (Å²) >= 11 is 1.40. The maximum Gasteiger partial charge on any atom is 0.408 e. The van der Waals surface area contributed by atoms with Crippen LogP contribution >= 0.6 is 11.3 Å². The van der Waals surface area contributed by atoms with Gasteiger partial charge in [-0.25, -0.2) is 14.3 Å². The molecule has 0 radical (unpaired) electrons. The number of allylic oxidation sites excluding steroid dienone is 1. The third-order valence-corrected chi connectivity index (χ3v) is 9.71. The number of carboxylic acid groups (broad SMARTS) is 1. The van der Waals surface area contributed by atoms with Gasteiger partial charge in [-0.1, -0.05) is 25.0 Å². The topological polar surface area (TPSA) is 204 Å². The van der Waals surface area contributed by atoms with Gasteiger partial charge < -0.3 is 25.4 Å². The molecule has 16 nitrogen and oxygen atoms in total. The highest BCUT2D eigenvalue weighted by atomic mass is 32.1. The van der Waals surface area contributed by atoms with Gasteiger partial charge in [0, 0.05) is 24.4 Å². The molecule has 5 heterocycles. The van der Waals surface area contributed by atoms with Gasteiger partial charge in [0.05, 0.1) is 17.8 Å². The minimum Gasteiger partial charge on any atom is -0.479 e. The van der Waals surface area contributed by atoms with Crippen LogP contribution in [0.2, 0.25) is 0 Å². The zero-order valence-electron chi connectivity index (χ0n) is 27.4. The summed E-state index contributed by atoms with van der Waals surface area (Å²) in [5.74, 6) is -2.74. The number of amides is 3. The van der Waals surface area contributed by atoms with E-state index < -0.39 is 64.6 Å². The van der Waals surface area contributed by atoms with Gasteiger partial charge in [0.2, 0.25) is 11.8 Å². The van der Waals surface area contributed by atoms with Crippen LogP contribution in [0.3, 0.4) is 0 Å². The molecule has 2 aliphatic heterocycles. The summed E-state index contributed by atoms with van der Waals surface area (Å²) < 4.78 is 6.70. The number of hydrogen-bond donors (Lipinski definition) is 3. The first-order valence-electron chi connectivity index (χ1n) is 16.3. The Labute approximate surface area is 285 Å². The van der Waals surface area contributed by atoms with Crippen molar-refractivity contribution < 1.29 is 29.0 Å². The normalized spacial score (nSPS) is 26.1. The van der Waals surface area contributed by atoms with E-state index >= 15 is 0 Å². The van der Waals surface area contributed by atoms with E-state index in [0.29, 0.717) is 24.1 Å². The molecule has 1 saturated carbocycles. The zero-order chi connectivity index (χ0) is 34.9. The van der Waals surface area contributed by atoms with Gasteiger partial charge >= 0.3 is 12.1 Å². The molecule has 1 aliphatic carbocycles. The summed E-state index contributed by atoms with van der Waals surface area (Å²) in [5.41, 5.74) is -1.63. The van der Waals surface area contributed by atoms with E-state index in [1.54, 1.807) is 32.2 Å². The molecular weight excluding hydrogens is 654 g/mol. The predicted molar refractivity (Wildman–Crippen MR) is 176 cm³/mol. The van der Waals surface area contributed by atoms with Crippen LogP contribution in [0.15, 0.2) is 46.3 Å². The predicted octanol–water partition coefficient (Wildman–Crippen LogP) is 2.46. The van der Waals surface area contributed by atoms with Gasteiger partial charge in [0.15, 0.2) is 6.33 Å². The molecule has 3 amide bonds. The van der Waals surface area contributed by atoms with Gasteiger partial charge in [0.1, 0.15) is 28.9 Å². The fraction of sp³-hybridized carbons (Fsp3) is 0.531. The van der Waals surface area contributed by atoms with E-state index in [2.05, 4.69) is 31.1 Å². The molecule has 1 saturated heterocycles. The molecule has 0 unspecified atom stereocenters. The molecule has 6 rings (SSSR count). The summed E-state index contributed by atoms with van der Waals surface area (Å²) in [6.45, 7) is 5.05. The van der Waals surface area contributed by atoms with Crippen LogP contribution in [0.25, 0.3) is 16.8 Å². The number of fused-ring (bicyclic) bond motifs is 2. The van der Waals surface area contributed by atoms with Gasteiger partial charge in [-0.3, -0.25) is 14.4 Å². The number of rotatable bonds is 5. The molecular formula is C32H39N9O7S. The standard InChI is InChI=1S/C32H39N9O7S/c1-31(2,3)48-30(47)36-22-10-8-6-4-5-7-9-20-14-32(20,29(45)46)37-26(42)23-13-21(16-39(23)27(22)43)40-28(44)25(19-11-12-49-17-19)24(15-34-40)41-35-18-33-38-41/h7,9,11-12,15,17-18,20-23H,4-6,8,10,13-14,16H2,1-3H3,(H,36,47)(H,37,42)(H,45,46)/t20-,21-,22+,23+,32-/m1/s1. The lowest BCUT2D eigenvalue weighted by Crippen LogP contribution is -2.56. The fourth-order valence-corrected chi connectivity index (χ4v) is 7.18. The highest BCUT2D eigenvalue weighted by Crippen LogP contribution is 2.45. The lowest BCUT2D eigenvalue weighted by atomic mass is 10.0. The van der Waals surface area contributed by atoms with Gasteiger partial charge in [-0.05, 0) is 68.5 Å². The number of hydrogen-bond acceptors (Lipinski definition) is 11. The van der Waals surface area contributed by atoms with E-state index in [1.807, 2.05) is 17.5 Å². The fourth-order valence-electron chi connectivity index (χ4n) is 6.53. The zero-order valence-corrected chi connectivity index (χ0v) is 28.3. The SMILES string of the molecule is CC(C)(C)OC(=O)N[C@H]1CCCCCC=C[C@@H]2C[C@@]2(C(=O)O)NC(=O)[C@@H]2C[C@@H](n3ncc(-n4ncnn4)c(-c4ccsc4)c3=O)CN2C1=O. The van der Waals surface area contributed by atoms with Crippen LogP contribution in [0.4, 0.5) is 4.79 Å². The van der Waals surface area contributed by atoms with Crippen LogP contribution in [0, 0.1) is 5.92 Å². The van der Waals surface area contributed by atoms with Crippen molar-refractivity contribution in [3.8, 4) is 16.8 Å². The van der Waals surface area contributed by atoms with Crippen molar-refractivity contribution in [2.24, 2.45) is 5.92 Å². The van der Waals surface area contributed by atoms with Crippen molar-refractivity contribution in [2.45, 2.75) is 95.0 Å². The number of carbonyl (C=O) groups excluding carboxylic acids is 3. The van der Waals surface area contributed by atoms with Crippen LogP contribution in [0.5, 0.6) is 0 Å². The molecule has 17 heteroatoms.